The fourth-order valence-corrected chi connectivity index (χ4v) is 7.43. The molecule has 0 radical (unpaired) electrons. The summed E-state index contributed by atoms with van der Waals surface area (Å²) in [5, 5.41) is 31.3. The summed E-state index contributed by atoms with van der Waals surface area (Å²) in [7, 11) is 0. The Balaban J connectivity index is 1.54. The van der Waals surface area contributed by atoms with Crippen molar-refractivity contribution in [2.24, 2.45) is 28.6 Å². The summed E-state index contributed by atoms with van der Waals surface area (Å²) in [6.45, 7) is 10.9. The summed E-state index contributed by atoms with van der Waals surface area (Å²) in [5.41, 5.74) is 3.85. The summed E-state index contributed by atoms with van der Waals surface area (Å²) >= 11 is 0. The normalized spacial score (nSPS) is 41.8. The Morgan fingerprint density at radius 3 is 2.60 bits per heavy atom. The molecule has 0 amide bonds. The van der Waals surface area contributed by atoms with Crippen LogP contribution < -0.4 is 0 Å². The second-order valence-corrected chi connectivity index (χ2v) is 11.8. The molecule has 2 fully saturated rings. The van der Waals surface area contributed by atoms with Gasteiger partial charge in [-0.1, -0.05) is 62.1 Å². The molecule has 4 rings (SSSR count). The molecule has 0 aromatic carbocycles. The first-order chi connectivity index (χ1) is 14.0. The average Bonchev–Trinajstić information content (AvgIpc) is 2.99. The molecule has 168 valence electrons. The number of hydrogen-bond donors (Lipinski definition) is 3. The van der Waals surface area contributed by atoms with E-state index in [1.165, 1.54) is 12.0 Å². The summed E-state index contributed by atoms with van der Waals surface area (Å²) < 4.78 is 0. The van der Waals surface area contributed by atoms with Crippen LogP contribution in [0.3, 0.4) is 0 Å². The number of aliphatic hydroxyl groups is 3. The third-order valence-electron chi connectivity index (χ3n) is 9.25. The van der Waals surface area contributed by atoms with Gasteiger partial charge in [-0.15, -0.1) is 0 Å². The van der Waals surface area contributed by atoms with E-state index in [-0.39, 0.29) is 10.8 Å². The Morgan fingerprint density at radius 1 is 1.17 bits per heavy atom. The van der Waals surface area contributed by atoms with Gasteiger partial charge in [0.1, 0.15) is 0 Å². The van der Waals surface area contributed by atoms with Crippen LogP contribution in [0.5, 0.6) is 0 Å². The van der Waals surface area contributed by atoms with E-state index >= 15 is 0 Å². The number of hydrogen-bond acceptors (Lipinski definition) is 3. The molecule has 0 aliphatic heterocycles. The minimum absolute atomic E-state index is 0.217. The topological polar surface area (TPSA) is 60.7 Å². The molecular formula is C27H42O3. The van der Waals surface area contributed by atoms with Crippen LogP contribution >= 0.6 is 0 Å². The van der Waals surface area contributed by atoms with Crippen LogP contribution in [0.2, 0.25) is 0 Å². The SMILES string of the molecule is C[C@@H](CCCC(C)(C)O)C1=CCC2C3=CC=C4C[C@@H](O)C[C@H](O)[C@]4(C)C3CC[C@]12C. The van der Waals surface area contributed by atoms with Crippen LogP contribution in [0.1, 0.15) is 86.0 Å². The van der Waals surface area contributed by atoms with Crippen molar-refractivity contribution >= 4 is 0 Å². The van der Waals surface area contributed by atoms with E-state index in [0.29, 0.717) is 30.6 Å². The fourth-order valence-electron chi connectivity index (χ4n) is 7.43. The molecule has 30 heavy (non-hydrogen) atoms. The molecule has 0 spiro atoms. The Hall–Kier alpha value is -0.900. The van der Waals surface area contributed by atoms with Crippen molar-refractivity contribution in [3.8, 4) is 0 Å². The molecule has 0 heterocycles. The highest BCUT2D eigenvalue weighted by Crippen LogP contribution is 2.64. The summed E-state index contributed by atoms with van der Waals surface area (Å²) in [6, 6.07) is 0. The van der Waals surface area contributed by atoms with Crippen LogP contribution in [0.25, 0.3) is 0 Å². The molecule has 2 unspecified atom stereocenters. The first kappa shape index (κ1) is 22.3. The second kappa shape index (κ2) is 7.60. The van der Waals surface area contributed by atoms with Crippen molar-refractivity contribution in [2.75, 3.05) is 0 Å². The Bertz CT molecular complexity index is 769. The summed E-state index contributed by atoms with van der Waals surface area (Å²) in [5.74, 6) is 1.49. The molecule has 4 aliphatic rings. The molecule has 0 bridgehead atoms. The highest BCUT2D eigenvalue weighted by atomic mass is 16.3. The molecule has 4 aliphatic carbocycles. The molecule has 0 aromatic rings. The maximum Gasteiger partial charge on any atom is 0.0661 e. The van der Waals surface area contributed by atoms with Gasteiger partial charge in [0.2, 0.25) is 0 Å². The zero-order chi connectivity index (χ0) is 21.9. The standard InChI is InChI=1S/C27H42O3/c1-17(7-6-13-25(2,3)30)21-10-11-22-20-9-8-18-15-19(28)16-24(29)27(18,5)23(20)12-14-26(21,22)4/h8-10,17,19,22-24,28-30H,6-7,11-16H2,1-5H3/t17-,19+,22?,23?,24-,26+,27-/m0/s1. The van der Waals surface area contributed by atoms with Gasteiger partial charge in [-0.25, -0.2) is 0 Å². The molecule has 3 nitrogen and oxygen atoms in total. The van der Waals surface area contributed by atoms with E-state index in [0.717, 1.165) is 32.1 Å². The third kappa shape index (κ3) is 3.55. The van der Waals surface area contributed by atoms with Gasteiger partial charge >= 0.3 is 0 Å². The van der Waals surface area contributed by atoms with Crippen LogP contribution in [-0.4, -0.2) is 33.1 Å². The smallest absolute Gasteiger partial charge is 0.0661 e. The highest BCUT2D eigenvalue weighted by Gasteiger charge is 2.56. The van der Waals surface area contributed by atoms with Crippen LogP contribution in [0.4, 0.5) is 0 Å². The zero-order valence-corrected chi connectivity index (χ0v) is 19.6. The lowest BCUT2D eigenvalue weighted by Gasteiger charge is -2.56. The van der Waals surface area contributed by atoms with E-state index in [9.17, 15) is 15.3 Å². The number of allylic oxidation sites excluding steroid dienone is 5. The lowest BCUT2D eigenvalue weighted by Crippen LogP contribution is -2.52. The van der Waals surface area contributed by atoms with Crippen molar-refractivity contribution in [1.29, 1.82) is 0 Å². The molecule has 7 atom stereocenters. The Kier molecular flexibility index (Phi) is 5.65. The minimum Gasteiger partial charge on any atom is -0.393 e. The summed E-state index contributed by atoms with van der Waals surface area (Å²) in [4.78, 5) is 0. The summed E-state index contributed by atoms with van der Waals surface area (Å²) in [6.07, 6.45) is 13.9. The van der Waals surface area contributed by atoms with E-state index in [4.69, 9.17) is 0 Å². The molecular weight excluding hydrogens is 372 g/mol. The highest BCUT2D eigenvalue weighted by molar-refractivity contribution is 5.43. The van der Waals surface area contributed by atoms with E-state index in [2.05, 4.69) is 39.0 Å². The van der Waals surface area contributed by atoms with Crippen LogP contribution in [-0.2, 0) is 0 Å². The maximum atomic E-state index is 11.0. The monoisotopic (exact) mass is 414 g/mol. The van der Waals surface area contributed by atoms with Crippen molar-refractivity contribution < 1.29 is 15.3 Å². The zero-order valence-electron chi connectivity index (χ0n) is 19.6. The van der Waals surface area contributed by atoms with Crippen LogP contribution in [0.15, 0.2) is 34.9 Å². The number of fused-ring (bicyclic) bond motifs is 5. The lowest BCUT2D eigenvalue weighted by molar-refractivity contribution is -0.0492. The Labute approximate surface area is 183 Å². The van der Waals surface area contributed by atoms with Gasteiger partial charge in [0.25, 0.3) is 0 Å². The predicted octanol–water partition coefficient (Wildman–Crippen LogP) is 5.31. The van der Waals surface area contributed by atoms with Gasteiger partial charge < -0.3 is 15.3 Å². The van der Waals surface area contributed by atoms with Gasteiger partial charge in [-0.3, -0.25) is 0 Å². The third-order valence-corrected chi connectivity index (χ3v) is 9.25. The van der Waals surface area contributed by atoms with E-state index in [1.54, 1.807) is 11.1 Å². The van der Waals surface area contributed by atoms with Gasteiger partial charge in [0, 0.05) is 11.8 Å². The first-order valence-electron chi connectivity index (χ1n) is 12.2. The quantitative estimate of drug-likeness (QED) is 0.534. The molecule has 3 N–H and O–H groups in total. The van der Waals surface area contributed by atoms with E-state index in [1.807, 2.05) is 13.8 Å². The average molecular weight is 415 g/mol. The van der Waals surface area contributed by atoms with Gasteiger partial charge in [0.15, 0.2) is 0 Å². The fraction of sp³-hybridized carbons (Fsp3) is 0.778. The van der Waals surface area contributed by atoms with Crippen molar-refractivity contribution in [3.05, 3.63) is 34.9 Å². The predicted molar refractivity (Wildman–Crippen MR) is 122 cm³/mol. The van der Waals surface area contributed by atoms with Crippen LogP contribution in [0, 0.1) is 28.6 Å². The molecule has 0 aromatic heterocycles. The second-order valence-electron chi connectivity index (χ2n) is 11.8. The maximum absolute atomic E-state index is 11.0. The van der Waals surface area contributed by atoms with Gasteiger partial charge in [-0.05, 0) is 75.5 Å². The van der Waals surface area contributed by atoms with E-state index < -0.39 is 17.8 Å². The number of aliphatic hydroxyl groups excluding tert-OH is 2. The lowest BCUT2D eigenvalue weighted by atomic mass is 9.49. The van der Waals surface area contributed by atoms with Crippen molar-refractivity contribution in [2.45, 2.75) is 104 Å². The van der Waals surface area contributed by atoms with Gasteiger partial charge in [0.05, 0.1) is 17.8 Å². The molecule has 2 saturated carbocycles. The first-order valence-corrected chi connectivity index (χ1v) is 12.2. The van der Waals surface area contributed by atoms with Gasteiger partial charge in [-0.2, -0.15) is 0 Å². The number of rotatable bonds is 5. The largest absolute Gasteiger partial charge is 0.393 e. The van der Waals surface area contributed by atoms with Crippen molar-refractivity contribution in [1.82, 2.24) is 0 Å². The molecule has 3 heteroatoms. The Morgan fingerprint density at radius 2 is 1.90 bits per heavy atom. The minimum atomic E-state index is -0.574. The molecule has 0 saturated heterocycles. The van der Waals surface area contributed by atoms with Crippen molar-refractivity contribution in [3.63, 3.8) is 0 Å².